The van der Waals surface area contributed by atoms with Crippen molar-refractivity contribution in [1.82, 2.24) is 15.2 Å². The molecule has 0 aromatic carbocycles. The minimum Gasteiger partial charge on any atom is -0.436 e. The van der Waals surface area contributed by atoms with Crippen molar-refractivity contribution in [2.45, 2.75) is 20.3 Å². The lowest BCUT2D eigenvalue weighted by atomic mass is 10.3. The maximum atomic E-state index is 12.1. The van der Waals surface area contributed by atoms with Gasteiger partial charge in [0.05, 0.1) is 5.69 Å². The van der Waals surface area contributed by atoms with E-state index < -0.39 is 0 Å². The van der Waals surface area contributed by atoms with Crippen molar-refractivity contribution in [2.75, 3.05) is 19.6 Å². The van der Waals surface area contributed by atoms with Gasteiger partial charge in [-0.2, -0.15) is 0 Å². The topological polar surface area (TPSA) is 75.4 Å². The highest BCUT2D eigenvalue weighted by Crippen LogP contribution is 2.13. The second kappa shape index (κ2) is 4.57. The number of carbonyl (C=O) groups is 2. The summed E-state index contributed by atoms with van der Waals surface area (Å²) in [5.74, 6) is 0.539. The number of amides is 2. The largest absolute Gasteiger partial charge is 0.436 e. The van der Waals surface area contributed by atoms with Gasteiger partial charge < -0.3 is 14.6 Å². The van der Waals surface area contributed by atoms with Crippen LogP contribution >= 0.6 is 0 Å². The van der Waals surface area contributed by atoms with Crippen LogP contribution in [0.25, 0.3) is 0 Å². The quantitative estimate of drug-likeness (QED) is 0.759. The molecule has 2 amide bonds. The molecule has 0 atom stereocenters. The molecule has 92 valence electrons. The lowest BCUT2D eigenvalue weighted by Crippen LogP contribution is -2.34. The Balaban J connectivity index is 2.14. The van der Waals surface area contributed by atoms with Crippen LogP contribution in [0.2, 0.25) is 0 Å². The van der Waals surface area contributed by atoms with Crippen molar-refractivity contribution in [3.8, 4) is 0 Å². The number of aryl methyl sites for hydroxylation is 2. The first-order valence-electron chi connectivity index (χ1n) is 5.58. The molecule has 0 spiro atoms. The number of hydrogen-bond donors (Lipinski definition) is 1. The van der Waals surface area contributed by atoms with Gasteiger partial charge in [0.2, 0.25) is 11.7 Å². The zero-order valence-electron chi connectivity index (χ0n) is 9.95. The number of carbonyl (C=O) groups excluding carboxylic acids is 2. The van der Waals surface area contributed by atoms with Crippen LogP contribution in [0.1, 0.15) is 28.6 Å². The van der Waals surface area contributed by atoms with Gasteiger partial charge in [-0.15, -0.1) is 0 Å². The lowest BCUT2D eigenvalue weighted by Gasteiger charge is -2.17. The van der Waals surface area contributed by atoms with E-state index in [1.54, 1.807) is 18.7 Å². The average molecular weight is 237 g/mol. The van der Waals surface area contributed by atoms with E-state index in [4.69, 9.17) is 4.42 Å². The van der Waals surface area contributed by atoms with Gasteiger partial charge in [0.25, 0.3) is 5.91 Å². The minimum atomic E-state index is -0.195. The highest BCUT2D eigenvalue weighted by molar-refractivity contribution is 5.93. The summed E-state index contributed by atoms with van der Waals surface area (Å²) in [5.41, 5.74) is 0.594. The van der Waals surface area contributed by atoms with Crippen molar-refractivity contribution < 1.29 is 14.0 Å². The van der Waals surface area contributed by atoms with Crippen LogP contribution in [0.5, 0.6) is 0 Å². The summed E-state index contributed by atoms with van der Waals surface area (Å²) in [6.45, 7) is 4.85. The van der Waals surface area contributed by atoms with Crippen LogP contribution in [-0.2, 0) is 4.79 Å². The van der Waals surface area contributed by atoms with Gasteiger partial charge in [-0.25, -0.2) is 4.98 Å². The van der Waals surface area contributed by atoms with E-state index in [2.05, 4.69) is 10.3 Å². The molecule has 0 unspecified atom stereocenters. The van der Waals surface area contributed by atoms with Crippen molar-refractivity contribution in [3.63, 3.8) is 0 Å². The van der Waals surface area contributed by atoms with Crippen LogP contribution in [0, 0.1) is 13.8 Å². The molecular formula is C11H15N3O3. The normalized spacial score (nSPS) is 16.6. The second-order valence-corrected chi connectivity index (χ2v) is 4.04. The number of aromatic nitrogens is 1. The van der Waals surface area contributed by atoms with E-state index in [9.17, 15) is 9.59 Å². The predicted molar refractivity (Wildman–Crippen MR) is 59.5 cm³/mol. The fourth-order valence-corrected chi connectivity index (χ4v) is 1.84. The second-order valence-electron chi connectivity index (χ2n) is 4.04. The van der Waals surface area contributed by atoms with E-state index in [1.807, 2.05) is 0 Å². The van der Waals surface area contributed by atoms with Crippen LogP contribution in [0.3, 0.4) is 0 Å². The molecule has 6 heteroatoms. The molecule has 2 heterocycles. The third-order valence-corrected chi connectivity index (χ3v) is 2.70. The fraction of sp³-hybridized carbons (Fsp3) is 0.545. The molecule has 1 aliphatic rings. The van der Waals surface area contributed by atoms with Crippen molar-refractivity contribution in [3.05, 3.63) is 17.3 Å². The number of rotatable bonds is 1. The molecule has 1 fully saturated rings. The summed E-state index contributed by atoms with van der Waals surface area (Å²) >= 11 is 0. The minimum absolute atomic E-state index is 0.0224. The summed E-state index contributed by atoms with van der Waals surface area (Å²) in [6, 6.07) is 0. The number of oxazole rings is 1. The predicted octanol–water partition coefficient (Wildman–Crippen LogP) is 0.254. The van der Waals surface area contributed by atoms with Gasteiger partial charge in [0.1, 0.15) is 0 Å². The Hall–Kier alpha value is -1.85. The molecule has 1 saturated heterocycles. The maximum absolute atomic E-state index is 12.1. The highest BCUT2D eigenvalue weighted by atomic mass is 16.4. The summed E-state index contributed by atoms with van der Waals surface area (Å²) < 4.78 is 5.29. The third-order valence-electron chi connectivity index (χ3n) is 2.70. The molecule has 0 bridgehead atoms. The zero-order valence-corrected chi connectivity index (χ0v) is 9.95. The SMILES string of the molecule is Cc1nc(C)c(C(=O)N2CCNC(=O)CC2)o1. The molecular weight excluding hydrogens is 222 g/mol. The van der Waals surface area contributed by atoms with Gasteiger partial charge in [-0.3, -0.25) is 9.59 Å². The lowest BCUT2D eigenvalue weighted by molar-refractivity contribution is -0.120. The number of nitrogens with zero attached hydrogens (tertiary/aromatic N) is 2. The molecule has 0 radical (unpaired) electrons. The Morgan fingerprint density at radius 1 is 1.41 bits per heavy atom. The summed E-state index contributed by atoms with van der Waals surface area (Å²) in [5, 5.41) is 2.72. The third kappa shape index (κ3) is 2.46. The highest BCUT2D eigenvalue weighted by Gasteiger charge is 2.24. The molecule has 6 nitrogen and oxygen atoms in total. The van der Waals surface area contributed by atoms with Gasteiger partial charge in [0.15, 0.2) is 5.89 Å². The Bertz CT molecular complexity index is 453. The first kappa shape index (κ1) is 11.6. The van der Waals surface area contributed by atoms with Crippen LogP contribution in [0.15, 0.2) is 4.42 Å². The number of nitrogens with one attached hydrogen (secondary N) is 1. The van der Waals surface area contributed by atoms with Gasteiger partial charge in [-0.1, -0.05) is 0 Å². The molecule has 2 rings (SSSR count). The van der Waals surface area contributed by atoms with Crippen molar-refractivity contribution in [1.29, 1.82) is 0 Å². The smallest absolute Gasteiger partial charge is 0.291 e. The van der Waals surface area contributed by atoms with Gasteiger partial charge in [-0.05, 0) is 6.92 Å². The Morgan fingerprint density at radius 2 is 2.18 bits per heavy atom. The van der Waals surface area contributed by atoms with Crippen LogP contribution < -0.4 is 5.32 Å². The van der Waals surface area contributed by atoms with Gasteiger partial charge in [0, 0.05) is 33.0 Å². The summed E-state index contributed by atoms with van der Waals surface area (Å²) in [6.07, 6.45) is 0.331. The van der Waals surface area contributed by atoms with E-state index in [0.717, 1.165) is 0 Å². The van der Waals surface area contributed by atoms with E-state index >= 15 is 0 Å². The van der Waals surface area contributed by atoms with E-state index in [0.29, 0.717) is 37.6 Å². The monoisotopic (exact) mass is 237 g/mol. The van der Waals surface area contributed by atoms with Crippen LogP contribution in [0.4, 0.5) is 0 Å². The Morgan fingerprint density at radius 3 is 2.82 bits per heavy atom. The van der Waals surface area contributed by atoms with Crippen molar-refractivity contribution in [2.24, 2.45) is 0 Å². The average Bonchev–Trinajstić information content (AvgIpc) is 2.49. The van der Waals surface area contributed by atoms with Crippen LogP contribution in [-0.4, -0.2) is 41.3 Å². The Labute approximate surface area is 99.0 Å². The summed E-state index contributed by atoms with van der Waals surface area (Å²) in [4.78, 5) is 29.0. The standard InChI is InChI=1S/C11H15N3O3/c1-7-10(17-8(2)13-7)11(16)14-5-3-9(15)12-4-6-14/h3-6H2,1-2H3,(H,12,15). The fourth-order valence-electron chi connectivity index (χ4n) is 1.84. The van der Waals surface area contributed by atoms with E-state index in [1.165, 1.54) is 0 Å². The molecule has 1 N–H and O–H groups in total. The van der Waals surface area contributed by atoms with Crippen molar-refractivity contribution >= 4 is 11.8 Å². The first-order chi connectivity index (χ1) is 8.08. The number of hydrogen-bond acceptors (Lipinski definition) is 4. The maximum Gasteiger partial charge on any atom is 0.291 e. The Kier molecular flexibility index (Phi) is 3.12. The first-order valence-corrected chi connectivity index (χ1v) is 5.58. The molecule has 1 aromatic heterocycles. The zero-order chi connectivity index (χ0) is 12.4. The molecule has 0 saturated carbocycles. The van der Waals surface area contributed by atoms with Gasteiger partial charge >= 0.3 is 0 Å². The molecule has 1 aliphatic heterocycles. The molecule has 17 heavy (non-hydrogen) atoms. The van der Waals surface area contributed by atoms with E-state index in [-0.39, 0.29) is 17.6 Å². The molecule has 0 aliphatic carbocycles. The summed E-state index contributed by atoms with van der Waals surface area (Å²) in [7, 11) is 0. The molecule has 1 aromatic rings.